The molecule has 2 N–H and O–H groups in total. The fourth-order valence-electron chi connectivity index (χ4n) is 4.32. The molecule has 0 atom stereocenters. The van der Waals surface area contributed by atoms with E-state index in [1.807, 2.05) is 42.5 Å². The van der Waals surface area contributed by atoms with Crippen molar-refractivity contribution in [3.63, 3.8) is 0 Å². The number of para-hydroxylation sites is 1. The number of furan rings is 1. The molecule has 4 aromatic rings. The maximum Gasteiger partial charge on any atom is 0.407 e. The molecule has 3 aromatic carbocycles. The Labute approximate surface area is 201 Å². The summed E-state index contributed by atoms with van der Waals surface area (Å²) in [6.45, 7) is 3.15. The van der Waals surface area contributed by atoms with Gasteiger partial charge in [-0.25, -0.2) is 4.79 Å². The number of non-ortho nitro benzene ring substituents is 1. The van der Waals surface area contributed by atoms with Gasteiger partial charge in [0.2, 0.25) is 0 Å². The van der Waals surface area contributed by atoms with Crippen LogP contribution in [-0.2, 0) is 6.54 Å². The third kappa shape index (κ3) is 4.95. The predicted octanol–water partition coefficient (Wildman–Crippen LogP) is 5.55. The summed E-state index contributed by atoms with van der Waals surface area (Å²) in [4.78, 5) is 25.5. The van der Waals surface area contributed by atoms with Crippen LogP contribution in [0, 0.1) is 10.1 Å². The van der Waals surface area contributed by atoms with Crippen LogP contribution >= 0.6 is 0 Å². The lowest BCUT2D eigenvalue weighted by molar-refractivity contribution is -0.384. The largest absolute Gasteiger partial charge is 0.465 e. The van der Waals surface area contributed by atoms with Crippen LogP contribution < -0.4 is 5.32 Å². The van der Waals surface area contributed by atoms with Gasteiger partial charge >= 0.3 is 6.09 Å². The number of hydrogen-bond acceptors (Lipinski definition) is 6. The average molecular weight is 473 g/mol. The minimum atomic E-state index is -0.866. The van der Waals surface area contributed by atoms with Crippen molar-refractivity contribution in [1.29, 1.82) is 0 Å². The monoisotopic (exact) mass is 472 g/mol. The Morgan fingerprint density at radius 2 is 1.80 bits per heavy atom. The molecule has 1 amide bonds. The van der Waals surface area contributed by atoms with Gasteiger partial charge in [-0.3, -0.25) is 15.0 Å². The molecule has 9 nitrogen and oxygen atoms in total. The highest BCUT2D eigenvalue weighted by Gasteiger charge is 2.20. The van der Waals surface area contributed by atoms with Gasteiger partial charge in [0.15, 0.2) is 0 Å². The van der Waals surface area contributed by atoms with Crippen LogP contribution in [0.4, 0.5) is 21.9 Å². The van der Waals surface area contributed by atoms with Crippen LogP contribution in [0.3, 0.4) is 0 Å². The van der Waals surface area contributed by atoms with Crippen molar-refractivity contribution in [1.82, 2.24) is 9.80 Å². The molecule has 1 fully saturated rings. The van der Waals surface area contributed by atoms with Crippen LogP contribution in [0.15, 0.2) is 77.2 Å². The van der Waals surface area contributed by atoms with Crippen molar-refractivity contribution in [2.75, 3.05) is 31.5 Å². The molecule has 1 saturated heterocycles. The molecule has 35 heavy (non-hydrogen) atoms. The van der Waals surface area contributed by atoms with Gasteiger partial charge in [0.1, 0.15) is 11.3 Å². The van der Waals surface area contributed by atoms with Crippen LogP contribution in [-0.4, -0.2) is 52.1 Å². The van der Waals surface area contributed by atoms with Crippen molar-refractivity contribution in [3.05, 3.63) is 88.5 Å². The van der Waals surface area contributed by atoms with E-state index in [0.717, 1.165) is 34.3 Å². The molecule has 9 heteroatoms. The van der Waals surface area contributed by atoms with Gasteiger partial charge in [-0.2, -0.15) is 0 Å². The van der Waals surface area contributed by atoms with Crippen LogP contribution in [0.2, 0.25) is 0 Å². The number of nitro benzene ring substituents is 1. The number of amides is 1. The molecular formula is C26H24N4O5. The van der Waals surface area contributed by atoms with E-state index >= 15 is 0 Å². The number of hydrogen-bond donors (Lipinski definition) is 2. The lowest BCUT2D eigenvalue weighted by Crippen LogP contribution is -2.47. The second-order valence-electron chi connectivity index (χ2n) is 8.51. The van der Waals surface area contributed by atoms with Crippen molar-refractivity contribution >= 4 is 34.1 Å². The molecule has 0 aliphatic carbocycles. The van der Waals surface area contributed by atoms with Crippen molar-refractivity contribution in [3.8, 4) is 11.3 Å². The normalized spacial score (nSPS) is 14.2. The second-order valence-corrected chi connectivity index (χ2v) is 8.51. The summed E-state index contributed by atoms with van der Waals surface area (Å²) in [6.07, 6.45) is -0.866. The highest BCUT2D eigenvalue weighted by molar-refractivity contribution is 5.87. The number of nitrogens with one attached hydrogen (secondary N) is 1. The maximum absolute atomic E-state index is 11.1. The van der Waals surface area contributed by atoms with Gasteiger partial charge in [-0.15, -0.1) is 0 Å². The maximum atomic E-state index is 11.1. The highest BCUT2D eigenvalue weighted by Crippen LogP contribution is 2.35. The standard InChI is InChI=1S/C26H24N4O5/c31-26(32)29-12-10-28(11-13-29)17-18-8-9-19-15-25(35-24(19)14-18)22-6-1-2-7-23(22)27-20-4-3-5-21(16-20)30(33)34/h1-9,14-16,27H,10-13,17H2,(H,31,32). The summed E-state index contributed by atoms with van der Waals surface area (Å²) in [7, 11) is 0. The Bertz CT molecular complexity index is 1390. The quantitative estimate of drug-likeness (QED) is 0.280. The lowest BCUT2D eigenvalue weighted by Gasteiger charge is -2.33. The Kier molecular flexibility index (Phi) is 6.07. The molecule has 1 aliphatic heterocycles. The molecule has 2 heterocycles. The van der Waals surface area contributed by atoms with E-state index in [-0.39, 0.29) is 5.69 Å². The molecule has 0 saturated carbocycles. The molecule has 178 valence electrons. The summed E-state index contributed by atoms with van der Waals surface area (Å²) in [6, 6.07) is 22.2. The molecular weight excluding hydrogens is 448 g/mol. The SMILES string of the molecule is O=C(O)N1CCN(Cc2ccc3cc(-c4ccccc4Nc4cccc([N+](=O)[O-])c4)oc3c2)CC1. The van der Waals surface area contributed by atoms with E-state index in [1.54, 1.807) is 12.1 Å². The number of anilines is 2. The number of piperazine rings is 1. The Hall–Kier alpha value is -4.37. The number of fused-ring (bicyclic) bond motifs is 1. The summed E-state index contributed by atoms with van der Waals surface area (Å²) in [5, 5.41) is 24.5. The van der Waals surface area contributed by atoms with E-state index in [1.165, 1.54) is 17.0 Å². The molecule has 0 radical (unpaired) electrons. The first-order valence-electron chi connectivity index (χ1n) is 11.3. The van der Waals surface area contributed by atoms with Gasteiger partial charge < -0.3 is 19.7 Å². The zero-order valence-electron chi connectivity index (χ0n) is 18.9. The highest BCUT2D eigenvalue weighted by atomic mass is 16.6. The molecule has 1 aliphatic rings. The van der Waals surface area contributed by atoms with Crippen molar-refractivity contribution < 1.29 is 19.2 Å². The molecule has 0 bridgehead atoms. The van der Waals surface area contributed by atoms with E-state index in [2.05, 4.69) is 16.3 Å². The minimum Gasteiger partial charge on any atom is -0.465 e. The molecule has 1 aromatic heterocycles. The van der Waals surface area contributed by atoms with Crippen LogP contribution in [0.5, 0.6) is 0 Å². The number of nitrogens with zero attached hydrogens (tertiary/aromatic N) is 3. The van der Waals surface area contributed by atoms with Gasteiger partial charge in [0, 0.05) is 67.2 Å². The summed E-state index contributed by atoms with van der Waals surface area (Å²) < 4.78 is 6.22. The third-order valence-electron chi connectivity index (χ3n) is 6.16. The Balaban J connectivity index is 1.36. The number of rotatable bonds is 6. The second kappa shape index (κ2) is 9.47. The minimum absolute atomic E-state index is 0.0214. The lowest BCUT2D eigenvalue weighted by atomic mass is 10.1. The fourth-order valence-corrected chi connectivity index (χ4v) is 4.32. The molecule has 0 spiro atoms. The first-order valence-corrected chi connectivity index (χ1v) is 11.3. The zero-order chi connectivity index (χ0) is 24.4. The van der Waals surface area contributed by atoms with Gasteiger partial charge in [-0.05, 0) is 35.9 Å². The topological polar surface area (TPSA) is 112 Å². The third-order valence-corrected chi connectivity index (χ3v) is 6.16. The Morgan fingerprint density at radius 1 is 1.00 bits per heavy atom. The number of carboxylic acid groups (broad SMARTS) is 1. The van der Waals surface area contributed by atoms with E-state index in [0.29, 0.717) is 37.6 Å². The van der Waals surface area contributed by atoms with Gasteiger partial charge in [-0.1, -0.05) is 30.3 Å². The van der Waals surface area contributed by atoms with Crippen molar-refractivity contribution in [2.24, 2.45) is 0 Å². The predicted molar refractivity (Wildman–Crippen MR) is 133 cm³/mol. The van der Waals surface area contributed by atoms with Gasteiger partial charge in [0.05, 0.1) is 4.92 Å². The molecule has 5 rings (SSSR count). The van der Waals surface area contributed by atoms with E-state index in [4.69, 9.17) is 9.52 Å². The van der Waals surface area contributed by atoms with Gasteiger partial charge in [0.25, 0.3) is 5.69 Å². The van der Waals surface area contributed by atoms with Crippen LogP contribution in [0.1, 0.15) is 5.56 Å². The summed E-state index contributed by atoms with van der Waals surface area (Å²) >= 11 is 0. The number of benzene rings is 3. The number of nitro groups is 1. The van der Waals surface area contributed by atoms with E-state index < -0.39 is 11.0 Å². The summed E-state index contributed by atoms with van der Waals surface area (Å²) in [5.74, 6) is 0.695. The first kappa shape index (κ1) is 22.4. The number of carbonyl (C=O) groups is 1. The van der Waals surface area contributed by atoms with E-state index in [9.17, 15) is 14.9 Å². The fraction of sp³-hybridized carbons (Fsp3) is 0.192. The first-order chi connectivity index (χ1) is 17.0. The zero-order valence-corrected chi connectivity index (χ0v) is 18.9. The molecule has 0 unspecified atom stereocenters. The van der Waals surface area contributed by atoms with Crippen molar-refractivity contribution in [2.45, 2.75) is 6.54 Å². The smallest absolute Gasteiger partial charge is 0.407 e. The average Bonchev–Trinajstić information content (AvgIpc) is 3.28. The van der Waals surface area contributed by atoms with Crippen LogP contribution in [0.25, 0.3) is 22.3 Å². The Morgan fingerprint density at radius 3 is 2.57 bits per heavy atom. The summed E-state index contributed by atoms with van der Waals surface area (Å²) in [5.41, 5.74) is 4.14.